The Hall–Kier alpha value is -4.77. The molecule has 12 heteroatoms. The second-order valence-corrected chi connectivity index (χ2v) is 10.2. The molecule has 202 valence electrons. The van der Waals surface area contributed by atoms with Gasteiger partial charge in [-0.2, -0.15) is 5.21 Å². The van der Waals surface area contributed by atoms with E-state index in [1.807, 2.05) is 30.3 Å². The number of nitrogens with zero attached hydrogens (tertiary/aromatic N) is 4. The molecule has 0 aliphatic carbocycles. The Morgan fingerprint density at radius 1 is 1.10 bits per heavy atom. The Bertz CT molecular complexity index is 1560. The lowest BCUT2D eigenvalue weighted by atomic mass is 9.90. The fraction of sp³-hybridized carbons (Fsp3) is 0.214. The SMILES string of the molecule is O=C1Nc2ccc(Cl)cc2C2(CCN(C(=O)[C@H](Cc3ccccc3)NC(=O)c3ccc(-c4nn[nH]n4)cc3)C2)O1. The molecule has 3 amide bonds. The lowest BCUT2D eigenvalue weighted by Gasteiger charge is -2.35. The van der Waals surface area contributed by atoms with Crippen LogP contribution in [0.5, 0.6) is 0 Å². The summed E-state index contributed by atoms with van der Waals surface area (Å²) in [5.41, 5.74) is 2.28. The third kappa shape index (κ3) is 4.98. The molecular formula is C28H24ClN7O4. The number of likely N-dealkylation sites (tertiary alicyclic amines) is 1. The van der Waals surface area contributed by atoms with Crippen molar-refractivity contribution in [3.8, 4) is 11.4 Å². The molecule has 1 aromatic heterocycles. The average Bonchev–Trinajstić information content (AvgIpc) is 3.65. The van der Waals surface area contributed by atoms with Crippen molar-refractivity contribution in [2.45, 2.75) is 24.5 Å². The largest absolute Gasteiger partial charge is 0.436 e. The van der Waals surface area contributed by atoms with Crippen LogP contribution < -0.4 is 10.6 Å². The molecule has 1 saturated heterocycles. The summed E-state index contributed by atoms with van der Waals surface area (Å²) >= 11 is 6.26. The number of aromatic nitrogens is 4. The lowest BCUT2D eigenvalue weighted by molar-refractivity contribution is -0.133. The van der Waals surface area contributed by atoms with Crippen LogP contribution in [0.1, 0.15) is 27.9 Å². The predicted molar refractivity (Wildman–Crippen MR) is 145 cm³/mol. The fourth-order valence-electron chi connectivity index (χ4n) is 5.21. The van der Waals surface area contributed by atoms with Gasteiger partial charge < -0.3 is 15.0 Å². The van der Waals surface area contributed by atoms with Crippen molar-refractivity contribution in [2.24, 2.45) is 0 Å². The second-order valence-electron chi connectivity index (χ2n) is 9.74. The summed E-state index contributed by atoms with van der Waals surface area (Å²) in [6.07, 6.45) is 0.116. The van der Waals surface area contributed by atoms with Crippen LogP contribution in [0, 0.1) is 0 Å². The quantitative estimate of drug-likeness (QED) is 0.329. The van der Waals surface area contributed by atoms with Crippen molar-refractivity contribution in [1.82, 2.24) is 30.8 Å². The standard InChI is InChI=1S/C28H24ClN7O4/c29-20-10-11-22-21(15-20)28(40-27(39)31-22)12-13-36(16-28)26(38)23(14-17-4-2-1-3-5-17)30-25(37)19-8-6-18(7-9-19)24-32-34-35-33-24/h1-11,15,23H,12-14,16H2,(H,30,37)(H,31,39)(H,32,33,34,35)/t23-,28?/m0/s1. The number of amides is 3. The Balaban J connectivity index is 1.24. The highest BCUT2D eigenvalue weighted by Crippen LogP contribution is 2.43. The van der Waals surface area contributed by atoms with Crippen LogP contribution in [0.3, 0.4) is 0 Å². The fourth-order valence-corrected chi connectivity index (χ4v) is 5.38. The number of hydrogen-bond donors (Lipinski definition) is 3. The van der Waals surface area contributed by atoms with Gasteiger partial charge in [0.2, 0.25) is 11.7 Å². The number of aromatic amines is 1. The first-order valence-corrected chi connectivity index (χ1v) is 13.1. The number of benzene rings is 3. The molecule has 1 fully saturated rings. The van der Waals surface area contributed by atoms with Crippen molar-refractivity contribution >= 4 is 35.2 Å². The number of carbonyl (C=O) groups excluding carboxylic acids is 3. The average molecular weight is 558 g/mol. The van der Waals surface area contributed by atoms with Crippen molar-refractivity contribution in [1.29, 1.82) is 0 Å². The smallest absolute Gasteiger partial charge is 0.412 e. The van der Waals surface area contributed by atoms with Gasteiger partial charge >= 0.3 is 6.09 Å². The van der Waals surface area contributed by atoms with Gasteiger partial charge in [0, 0.05) is 41.1 Å². The molecule has 1 unspecified atom stereocenters. The minimum atomic E-state index is -1.02. The van der Waals surface area contributed by atoms with Crippen molar-refractivity contribution < 1.29 is 19.1 Å². The summed E-state index contributed by atoms with van der Waals surface area (Å²) in [4.78, 5) is 41.2. The van der Waals surface area contributed by atoms with E-state index in [2.05, 4.69) is 31.3 Å². The molecule has 2 aliphatic heterocycles. The first-order valence-electron chi connectivity index (χ1n) is 12.7. The minimum Gasteiger partial charge on any atom is -0.436 e. The van der Waals surface area contributed by atoms with Crippen LogP contribution >= 0.6 is 11.6 Å². The molecule has 1 spiro atoms. The second kappa shape index (κ2) is 10.4. The zero-order chi connectivity index (χ0) is 27.7. The monoisotopic (exact) mass is 557 g/mol. The Morgan fingerprint density at radius 2 is 1.90 bits per heavy atom. The number of carbonyl (C=O) groups is 3. The van der Waals surface area contributed by atoms with Crippen LogP contribution in [0.4, 0.5) is 10.5 Å². The van der Waals surface area contributed by atoms with Gasteiger partial charge in [0.25, 0.3) is 5.91 Å². The van der Waals surface area contributed by atoms with Crippen molar-refractivity contribution in [3.63, 3.8) is 0 Å². The van der Waals surface area contributed by atoms with Gasteiger partial charge in [-0.05, 0) is 41.1 Å². The third-order valence-corrected chi connectivity index (χ3v) is 7.41. The highest BCUT2D eigenvalue weighted by Gasteiger charge is 2.49. The summed E-state index contributed by atoms with van der Waals surface area (Å²) in [5.74, 6) is -0.252. The Kier molecular flexibility index (Phi) is 6.64. The zero-order valence-corrected chi connectivity index (χ0v) is 21.9. The number of fused-ring (bicyclic) bond motifs is 2. The number of ether oxygens (including phenoxy) is 1. The van der Waals surface area contributed by atoms with E-state index in [0.717, 1.165) is 11.1 Å². The zero-order valence-electron chi connectivity index (χ0n) is 21.1. The number of hydrogen-bond acceptors (Lipinski definition) is 7. The molecule has 3 N–H and O–H groups in total. The maximum Gasteiger partial charge on any atom is 0.412 e. The summed E-state index contributed by atoms with van der Waals surface area (Å²) in [5, 5.41) is 20.0. The summed E-state index contributed by atoms with van der Waals surface area (Å²) in [6, 6.07) is 20.5. The first-order chi connectivity index (χ1) is 19.4. The Labute approximate surface area is 233 Å². The normalized spacial score (nSPS) is 18.5. The van der Waals surface area contributed by atoms with Crippen LogP contribution in [-0.2, 0) is 21.6 Å². The molecule has 0 bridgehead atoms. The van der Waals surface area contributed by atoms with Gasteiger partial charge in [0.05, 0.1) is 12.2 Å². The Morgan fingerprint density at radius 3 is 2.65 bits per heavy atom. The molecule has 0 radical (unpaired) electrons. The maximum absolute atomic E-state index is 13.9. The molecule has 2 atom stereocenters. The van der Waals surface area contributed by atoms with E-state index in [1.54, 1.807) is 47.4 Å². The minimum absolute atomic E-state index is 0.146. The van der Waals surface area contributed by atoms with E-state index < -0.39 is 23.6 Å². The lowest BCUT2D eigenvalue weighted by Crippen LogP contribution is -2.50. The molecule has 3 aromatic carbocycles. The van der Waals surface area contributed by atoms with Gasteiger partial charge in [-0.15, -0.1) is 10.2 Å². The van der Waals surface area contributed by atoms with Gasteiger partial charge in [-0.1, -0.05) is 54.1 Å². The molecule has 0 saturated carbocycles. The molecular weight excluding hydrogens is 534 g/mol. The van der Waals surface area contributed by atoms with Crippen LogP contribution in [0.25, 0.3) is 11.4 Å². The number of H-pyrrole nitrogens is 1. The molecule has 6 rings (SSSR count). The number of rotatable bonds is 6. The van der Waals surface area contributed by atoms with E-state index in [4.69, 9.17) is 16.3 Å². The van der Waals surface area contributed by atoms with Crippen LogP contribution in [-0.4, -0.2) is 62.6 Å². The molecule has 11 nitrogen and oxygen atoms in total. The van der Waals surface area contributed by atoms with Gasteiger partial charge in [0.1, 0.15) is 6.04 Å². The topological polar surface area (TPSA) is 142 Å². The molecule has 2 aliphatic rings. The van der Waals surface area contributed by atoms with Crippen molar-refractivity contribution in [3.05, 3.63) is 94.5 Å². The van der Waals surface area contributed by atoms with E-state index >= 15 is 0 Å². The van der Waals surface area contributed by atoms with Crippen LogP contribution in [0.2, 0.25) is 5.02 Å². The molecule has 3 heterocycles. The predicted octanol–water partition coefficient (Wildman–Crippen LogP) is 3.55. The van der Waals surface area contributed by atoms with Gasteiger partial charge in [-0.25, -0.2) is 4.79 Å². The van der Waals surface area contributed by atoms with E-state index in [0.29, 0.717) is 47.0 Å². The first kappa shape index (κ1) is 25.5. The maximum atomic E-state index is 13.9. The van der Waals surface area contributed by atoms with Gasteiger partial charge in [0.15, 0.2) is 5.60 Å². The molecule has 4 aromatic rings. The van der Waals surface area contributed by atoms with Gasteiger partial charge in [-0.3, -0.25) is 14.9 Å². The van der Waals surface area contributed by atoms with E-state index in [1.165, 1.54) is 0 Å². The summed E-state index contributed by atoms with van der Waals surface area (Å²) in [7, 11) is 0. The highest BCUT2D eigenvalue weighted by atomic mass is 35.5. The number of anilines is 1. The molecule has 40 heavy (non-hydrogen) atoms. The summed E-state index contributed by atoms with van der Waals surface area (Å²) in [6.45, 7) is 0.492. The van der Waals surface area contributed by atoms with Crippen molar-refractivity contribution in [2.75, 3.05) is 18.4 Å². The van der Waals surface area contributed by atoms with E-state index in [-0.39, 0.29) is 12.5 Å². The number of halogens is 1. The number of tetrazole rings is 1. The van der Waals surface area contributed by atoms with Crippen LogP contribution in [0.15, 0.2) is 72.8 Å². The highest BCUT2D eigenvalue weighted by molar-refractivity contribution is 6.30. The third-order valence-electron chi connectivity index (χ3n) is 7.18. The van der Waals surface area contributed by atoms with E-state index in [9.17, 15) is 14.4 Å². The summed E-state index contributed by atoms with van der Waals surface area (Å²) < 4.78 is 5.78. The number of nitrogens with one attached hydrogen (secondary N) is 3.